The number of aromatic nitrogens is 1. The molecule has 1 unspecified atom stereocenters. The molecule has 0 aliphatic carbocycles. The van der Waals surface area contributed by atoms with Crippen LogP contribution in [0.4, 0.5) is 11.5 Å². The maximum atomic E-state index is 11.7. The standard InChI is InChI=1S/C11H16N4OS/c12-10-2-1-8(6-14-10)15-11(16)5-9-7-17-4-3-13-9/h1-2,6,9,13H,3-5,7H2,(H2,12,14)(H,15,16). The zero-order valence-corrected chi connectivity index (χ0v) is 10.3. The fourth-order valence-corrected chi connectivity index (χ4v) is 2.61. The number of nitrogens with zero attached hydrogens (tertiary/aromatic N) is 1. The Labute approximate surface area is 105 Å². The van der Waals surface area contributed by atoms with Gasteiger partial charge < -0.3 is 16.4 Å². The second-order valence-electron chi connectivity index (χ2n) is 3.95. The van der Waals surface area contributed by atoms with Gasteiger partial charge in [-0.15, -0.1) is 0 Å². The molecule has 6 heteroatoms. The molecule has 1 aromatic heterocycles. The molecule has 1 amide bonds. The molecule has 2 heterocycles. The van der Waals surface area contributed by atoms with Gasteiger partial charge in [0.05, 0.1) is 11.9 Å². The summed E-state index contributed by atoms with van der Waals surface area (Å²) in [5, 5.41) is 6.14. The van der Waals surface area contributed by atoms with E-state index in [1.54, 1.807) is 18.3 Å². The van der Waals surface area contributed by atoms with Crippen molar-refractivity contribution in [2.75, 3.05) is 29.1 Å². The Morgan fingerprint density at radius 2 is 2.53 bits per heavy atom. The molecular weight excluding hydrogens is 236 g/mol. The van der Waals surface area contributed by atoms with Gasteiger partial charge in [-0.2, -0.15) is 11.8 Å². The van der Waals surface area contributed by atoms with Crippen molar-refractivity contribution in [2.45, 2.75) is 12.5 Å². The molecule has 1 aliphatic heterocycles. The van der Waals surface area contributed by atoms with Crippen molar-refractivity contribution in [3.63, 3.8) is 0 Å². The summed E-state index contributed by atoms with van der Waals surface area (Å²) in [4.78, 5) is 15.7. The molecule has 1 saturated heterocycles. The van der Waals surface area contributed by atoms with Gasteiger partial charge >= 0.3 is 0 Å². The number of carbonyl (C=O) groups excluding carboxylic acids is 1. The molecule has 2 rings (SSSR count). The maximum Gasteiger partial charge on any atom is 0.226 e. The molecule has 1 fully saturated rings. The molecule has 4 N–H and O–H groups in total. The Hall–Kier alpha value is -1.27. The summed E-state index contributed by atoms with van der Waals surface area (Å²) in [6.07, 6.45) is 2.06. The average Bonchev–Trinajstić information content (AvgIpc) is 2.33. The van der Waals surface area contributed by atoms with Crippen molar-refractivity contribution in [3.8, 4) is 0 Å². The van der Waals surface area contributed by atoms with Crippen molar-refractivity contribution >= 4 is 29.2 Å². The number of nitrogens with two attached hydrogens (primary N) is 1. The summed E-state index contributed by atoms with van der Waals surface area (Å²) >= 11 is 1.88. The van der Waals surface area contributed by atoms with Crippen LogP contribution in [0.3, 0.4) is 0 Å². The normalized spacial score (nSPS) is 19.9. The Morgan fingerprint density at radius 1 is 1.65 bits per heavy atom. The highest BCUT2D eigenvalue weighted by atomic mass is 32.2. The van der Waals surface area contributed by atoms with Crippen LogP contribution in [0.1, 0.15) is 6.42 Å². The van der Waals surface area contributed by atoms with E-state index in [1.165, 1.54) is 0 Å². The van der Waals surface area contributed by atoms with Crippen molar-refractivity contribution in [3.05, 3.63) is 18.3 Å². The number of amides is 1. The summed E-state index contributed by atoms with van der Waals surface area (Å²) in [6.45, 7) is 0.978. The predicted octanol–water partition coefficient (Wildman–Crippen LogP) is 0.697. The van der Waals surface area contributed by atoms with E-state index < -0.39 is 0 Å². The van der Waals surface area contributed by atoms with Crippen LogP contribution in [-0.2, 0) is 4.79 Å². The van der Waals surface area contributed by atoms with Crippen LogP contribution in [0.25, 0.3) is 0 Å². The van der Waals surface area contributed by atoms with Gasteiger partial charge in [0.15, 0.2) is 0 Å². The van der Waals surface area contributed by atoms with Crippen molar-refractivity contribution < 1.29 is 4.79 Å². The van der Waals surface area contributed by atoms with E-state index in [4.69, 9.17) is 5.73 Å². The summed E-state index contributed by atoms with van der Waals surface area (Å²) in [7, 11) is 0. The van der Waals surface area contributed by atoms with Crippen LogP contribution in [0, 0.1) is 0 Å². The molecule has 5 nitrogen and oxygen atoms in total. The summed E-state index contributed by atoms with van der Waals surface area (Å²) in [5.74, 6) is 2.58. The minimum Gasteiger partial charge on any atom is -0.384 e. The molecule has 0 radical (unpaired) electrons. The lowest BCUT2D eigenvalue weighted by molar-refractivity contribution is -0.116. The highest BCUT2D eigenvalue weighted by Gasteiger charge is 2.16. The largest absolute Gasteiger partial charge is 0.384 e. The number of nitrogens with one attached hydrogen (secondary N) is 2. The number of pyridine rings is 1. The van der Waals surface area contributed by atoms with Crippen LogP contribution in [0.5, 0.6) is 0 Å². The third-order valence-corrected chi connectivity index (χ3v) is 3.63. The second kappa shape index (κ2) is 5.88. The minimum absolute atomic E-state index is 0.0107. The Bertz CT molecular complexity index is 376. The lowest BCUT2D eigenvalue weighted by Crippen LogP contribution is -2.39. The first-order valence-electron chi connectivity index (χ1n) is 5.56. The first-order chi connectivity index (χ1) is 8.24. The van der Waals surface area contributed by atoms with Crippen molar-refractivity contribution in [1.82, 2.24) is 10.3 Å². The van der Waals surface area contributed by atoms with Gasteiger partial charge in [0.2, 0.25) is 5.91 Å². The van der Waals surface area contributed by atoms with Gasteiger partial charge in [0, 0.05) is 30.5 Å². The molecule has 1 atom stereocenters. The average molecular weight is 252 g/mol. The number of carbonyl (C=O) groups is 1. The van der Waals surface area contributed by atoms with Gasteiger partial charge in [-0.05, 0) is 12.1 Å². The molecule has 0 bridgehead atoms. The molecule has 1 aromatic rings. The van der Waals surface area contributed by atoms with Gasteiger partial charge in [-0.3, -0.25) is 4.79 Å². The zero-order chi connectivity index (χ0) is 12.1. The fraction of sp³-hybridized carbons (Fsp3) is 0.455. The third-order valence-electron chi connectivity index (χ3n) is 2.50. The van der Waals surface area contributed by atoms with E-state index in [1.807, 2.05) is 11.8 Å². The predicted molar refractivity (Wildman–Crippen MR) is 71.0 cm³/mol. The topological polar surface area (TPSA) is 80.0 Å². The van der Waals surface area contributed by atoms with Gasteiger partial charge in [-0.1, -0.05) is 0 Å². The Balaban J connectivity index is 1.82. The molecule has 0 saturated carbocycles. The van der Waals surface area contributed by atoms with E-state index in [0.717, 1.165) is 18.1 Å². The third kappa shape index (κ3) is 3.90. The summed E-state index contributed by atoms with van der Waals surface area (Å²) in [5.41, 5.74) is 6.16. The van der Waals surface area contributed by atoms with Crippen LogP contribution in [-0.4, -0.2) is 35.0 Å². The zero-order valence-electron chi connectivity index (χ0n) is 9.48. The Kier molecular flexibility index (Phi) is 4.22. The summed E-state index contributed by atoms with van der Waals surface area (Å²) < 4.78 is 0. The van der Waals surface area contributed by atoms with E-state index in [0.29, 0.717) is 17.9 Å². The highest BCUT2D eigenvalue weighted by Crippen LogP contribution is 2.12. The first kappa shape index (κ1) is 12.2. The lowest BCUT2D eigenvalue weighted by atomic mass is 10.2. The highest BCUT2D eigenvalue weighted by molar-refractivity contribution is 7.99. The maximum absolute atomic E-state index is 11.7. The SMILES string of the molecule is Nc1ccc(NC(=O)CC2CSCCN2)cn1. The number of hydrogen-bond donors (Lipinski definition) is 3. The van der Waals surface area contributed by atoms with Crippen LogP contribution in [0.2, 0.25) is 0 Å². The van der Waals surface area contributed by atoms with Crippen LogP contribution in [0.15, 0.2) is 18.3 Å². The minimum atomic E-state index is 0.0107. The van der Waals surface area contributed by atoms with Gasteiger partial charge in [0.1, 0.15) is 5.82 Å². The van der Waals surface area contributed by atoms with Crippen LogP contribution >= 0.6 is 11.8 Å². The number of rotatable bonds is 3. The number of nitrogen functional groups attached to an aromatic ring is 1. The first-order valence-corrected chi connectivity index (χ1v) is 6.72. The Morgan fingerprint density at radius 3 is 3.18 bits per heavy atom. The van der Waals surface area contributed by atoms with Gasteiger partial charge in [0.25, 0.3) is 0 Å². The molecule has 0 aromatic carbocycles. The van der Waals surface area contributed by atoms with E-state index in [2.05, 4.69) is 15.6 Å². The van der Waals surface area contributed by atoms with Crippen molar-refractivity contribution in [2.24, 2.45) is 0 Å². The second-order valence-corrected chi connectivity index (χ2v) is 5.10. The number of anilines is 2. The van der Waals surface area contributed by atoms with Gasteiger partial charge in [-0.25, -0.2) is 4.98 Å². The smallest absolute Gasteiger partial charge is 0.226 e. The summed E-state index contributed by atoms with van der Waals surface area (Å²) in [6, 6.07) is 3.70. The molecule has 1 aliphatic rings. The fourth-order valence-electron chi connectivity index (χ4n) is 1.67. The van der Waals surface area contributed by atoms with E-state index in [9.17, 15) is 4.79 Å². The molecule has 17 heavy (non-hydrogen) atoms. The van der Waals surface area contributed by atoms with E-state index >= 15 is 0 Å². The van der Waals surface area contributed by atoms with E-state index in [-0.39, 0.29) is 11.9 Å². The molecule has 0 spiro atoms. The lowest BCUT2D eigenvalue weighted by Gasteiger charge is -2.22. The van der Waals surface area contributed by atoms with Crippen molar-refractivity contribution in [1.29, 1.82) is 0 Å². The molecule has 92 valence electrons. The molecular formula is C11H16N4OS. The monoisotopic (exact) mass is 252 g/mol. The number of hydrogen-bond acceptors (Lipinski definition) is 5. The quantitative estimate of drug-likeness (QED) is 0.738. The number of thioether (sulfide) groups is 1. The van der Waals surface area contributed by atoms with Crippen LogP contribution < -0.4 is 16.4 Å².